The van der Waals surface area contributed by atoms with Crippen LogP contribution in [0.5, 0.6) is 5.75 Å². The molecule has 0 amide bonds. The Labute approximate surface area is 124 Å². The minimum absolute atomic E-state index is 0.218. The van der Waals surface area contributed by atoms with Gasteiger partial charge in [-0.2, -0.15) is 0 Å². The molecule has 2 unspecified atom stereocenters. The molecule has 0 aliphatic heterocycles. The molecular weight excluding hydrogens is 264 g/mol. The van der Waals surface area contributed by atoms with Gasteiger partial charge in [0.15, 0.2) is 0 Å². The minimum atomic E-state index is -0.707. The third kappa shape index (κ3) is 2.77. The molecule has 3 nitrogen and oxygen atoms in total. The second-order valence-electron chi connectivity index (χ2n) is 5.81. The van der Waals surface area contributed by atoms with Crippen LogP contribution in [0.25, 0.3) is 0 Å². The number of carboxylic acid groups (broad SMARTS) is 1. The lowest BCUT2D eigenvalue weighted by Gasteiger charge is -2.12. The molecule has 1 N–H and O–H groups in total. The van der Waals surface area contributed by atoms with E-state index in [4.69, 9.17) is 9.84 Å². The zero-order chi connectivity index (χ0) is 14.9. The standard InChI is InChI=1S/C18H18O3/c1-18(11-16(18)17(19)20)14-7-9-15(10-8-14)21-12-13-5-3-2-4-6-13/h2-10,16H,11-12H2,1H3,(H,19,20). The van der Waals surface area contributed by atoms with Crippen molar-refractivity contribution in [3.8, 4) is 5.75 Å². The summed E-state index contributed by atoms with van der Waals surface area (Å²) in [6.45, 7) is 2.54. The third-order valence-corrected chi connectivity index (χ3v) is 4.30. The van der Waals surface area contributed by atoms with E-state index in [1.807, 2.05) is 61.5 Å². The summed E-state index contributed by atoms with van der Waals surface area (Å²) in [4.78, 5) is 11.1. The van der Waals surface area contributed by atoms with Gasteiger partial charge in [0.05, 0.1) is 5.92 Å². The molecule has 1 saturated carbocycles. The number of hydrogen-bond donors (Lipinski definition) is 1. The number of rotatable bonds is 5. The Morgan fingerprint density at radius 1 is 1.19 bits per heavy atom. The highest BCUT2D eigenvalue weighted by Gasteiger charge is 2.55. The number of benzene rings is 2. The van der Waals surface area contributed by atoms with Crippen molar-refractivity contribution in [2.45, 2.75) is 25.4 Å². The lowest BCUT2D eigenvalue weighted by molar-refractivity contribution is -0.138. The van der Waals surface area contributed by atoms with E-state index in [1.54, 1.807) is 0 Å². The van der Waals surface area contributed by atoms with Gasteiger partial charge in [0.25, 0.3) is 0 Å². The Bertz CT molecular complexity index is 633. The summed E-state index contributed by atoms with van der Waals surface area (Å²) < 4.78 is 5.74. The molecule has 0 radical (unpaired) electrons. The van der Waals surface area contributed by atoms with Crippen LogP contribution in [0, 0.1) is 5.92 Å². The maximum atomic E-state index is 11.1. The van der Waals surface area contributed by atoms with Crippen LogP contribution in [-0.2, 0) is 16.8 Å². The van der Waals surface area contributed by atoms with E-state index in [0.29, 0.717) is 13.0 Å². The fourth-order valence-electron chi connectivity index (χ4n) is 2.72. The maximum Gasteiger partial charge on any atom is 0.307 e. The van der Waals surface area contributed by atoms with E-state index in [0.717, 1.165) is 16.9 Å². The summed E-state index contributed by atoms with van der Waals surface area (Å²) in [6, 6.07) is 17.8. The Morgan fingerprint density at radius 3 is 2.43 bits per heavy atom. The highest BCUT2D eigenvalue weighted by Crippen LogP contribution is 2.54. The Balaban J connectivity index is 1.64. The number of ether oxygens (including phenoxy) is 1. The normalized spacial score (nSPS) is 23.6. The number of carbonyl (C=O) groups is 1. The lowest BCUT2D eigenvalue weighted by Crippen LogP contribution is -2.10. The van der Waals surface area contributed by atoms with Gasteiger partial charge in [0, 0.05) is 5.41 Å². The lowest BCUT2D eigenvalue weighted by atomic mass is 9.95. The van der Waals surface area contributed by atoms with Crippen molar-refractivity contribution >= 4 is 5.97 Å². The van der Waals surface area contributed by atoms with Crippen LogP contribution < -0.4 is 4.74 Å². The molecule has 2 aromatic carbocycles. The van der Waals surface area contributed by atoms with Crippen LogP contribution in [0.15, 0.2) is 54.6 Å². The molecule has 0 saturated heterocycles. The first kappa shape index (κ1) is 13.7. The van der Waals surface area contributed by atoms with Gasteiger partial charge >= 0.3 is 5.97 Å². The zero-order valence-corrected chi connectivity index (χ0v) is 12.0. The molecule has 1 aliphatic carbocycles. The summed E-state index contributed by atoms with van der Waals surface area (Å²) in [5.74, 6) is -0.158. The van der Waals surface area contributed by atoms with Crippen LogP contribution in [0.1, 0.15) is 24.5 Å². The van der Waals surface area contributed by atoms with E-state index in [1.165, 1.54) is 0 Å². The Kier molecular flexibility index (Phi) is 3.42. The minimum Gasteiger partial charge on any atom is -0.489 e. The van der Waals surface area contributed by atoms with Crippen molar-refractivity contribution < 1.29 is 14.6 Å². The van der Waals surface area contributed by atoms with E-state index in [2.05, 4.69) is 0 Å². The van der Waals surface area contributed by atoms with E-state index < -0.39 is 5.97 Å². The van der Waals surface area contributed by atoms with E-state index in [-0.39, 0.29) is 11.3 Å². The molecule has 3 heteroatoms. The van der Waals surface area contributed by atoms with E-state index >= 15 is 0 Å². The van der Waals surface area contributed by atoms with Gasteiger partial charge in [-0.3, -0.25) is 4.79 Å². The molecule has 1 aliphatic rings. The monoisotopic (exact) mass is 282 g/mol. The Hall–Kier alpha value is -2.29. The van der Waals surface area contributed by atoms with Crippen molar-refractivity contribution in [2.24, 2.45) is 5.92 Å². The molecule has 0 heterocycles. The number of carboxylic acids is 1. The Morgan fingerprint density at radius 2 is 1.86 bits per heavy atom. The summed E-state index contributed by atoms with van der Waals surface area (Å²) in [7, 11) is 0. The molecule has 108 valence electrons. The first-order valence-electron chi connectivity index (χ1n) is 7.10. The highest BCUT2D eigenvalue weighted by molar-refractivity contribution is 5.77. The van der Waals surface area contributed by atoms with Crippen molar-refractivity contribution in [1.29, 1.82) is 0 Å². The molecule has 21 heavy (non-hydrogen) atoms. The van der Waals surface area contributed by atoms with Crippen LogP contribution >= 0.6 is 0 Å². The molecule has 2 aromatic rings. The predicted molar refractivity (Wildman–Crippen MR) is 80.3 cm³/mol. The smallest absolute Gasteiger partial charge is 0.307 e. The number of hydrogen-bond acceptors (Lipinski definition) is 2. The molecule has 0 spiro atoms. The van der Waals surface area contributed by atoms with Gasteiger partial charge in [0.1, 0.15) is 12.4 Å². The fourth-order valence-corrected chi connectivity index (χ4v) is 2.72. The van der Waals surface area contributed by atoms with Crippen LogP contribution in [0.4, 0.5) is 0 Å². The van der Waals surface area contributed by atoms with Crippen LogP contribution in [0.3, 0.4) is 0 Å². The summed E-state index contributed by atoms with van der Waals surface area (Å²) in [5, 5.41) is 9.09. The summed E-state index contributed by atoms with van der Waals surface area (Å²) >= 11 is 0. The van der Waals surface area contributed by atoms with Crippen molar-refractivity contribution in [3.63, 3.8) is 0 Å². The molecule has 2 atom stereocenters. The summed E-state index contributed by atoms with van der Waals surface area (Å²) in [6.07, 6.45) is 0.715. The van der Waals surface area contributed by atoms with Gasteiger partial charge in [0.2, 0.25) is 0 Å². The topological polar surface area (TPSA) is 46.5 Å². The van der Waals surface area contributed by atoms with Gasteiger partial charge in [-0.1, -0.05) is 49.4 Å². The van der Waals surface area contributed by atoms with E-state index in [9.17, 15) is 4.79 Å². The number of aliphatic carboxylic acids is 1. The second-order valence-corrected chi connectivity index (χ2v) is 5.81. The maximum absolute atomic E-state index is 11.1. The van der Waals surface area contributed by atoms with Gasteiger partial charge < -0.3 is 9.84 Å². The SMILES string of the molecule is CC1(c2ccc(OCc3ccccc3)cc2)CC1C(=O)O. The zero-order valence-electron chi connectivity index (χ0n) is 12.0. The molecule has 1 fully saturated rings. The summed E-state index contributed by atoms with van der Waals surface area (Å²) in [5.41, 5.74) is 1.98. The van der Waals surface area contributed by atoms with Crippen molar-refractivity contribution in [2.75, 3.05) is 0 Å². The average molecular weight is 282 g/mol. The molecular formula is C18H18O3. The fraction of sp³-hybridized carbons (Fsp3) is 0.278. The third-order valence-electron chi connectivity index (χ3n) is 4.30. The largest absolute Gasteiger partial charge is 0.489 e. The highest BCUT2D eigenvalue weighted by atomic mass is 16.5. The first-order valence-corrected chi connectivity index (χ1v) is 7.10. The van der Waals surface area contributed by atoms with Crippen LogP contribution in [-0.4, -0.2) is 11.1 Å². The van der Waals surface area contributed by atoms with Gasteiger partial charge in [-0.05, 0) is 29.7 Å². The second kappa shape index (κ2) is 5.24. The molecule has 3 rings (SSSR count). The first-order chi connectivity index (χ1) is 10.1. The van der Waals surface area contributed by atoms with Crippen molar-refractivity contribution in [1.82, 2.24) is 0 Å². The van der Waals surface area contributed by atoms with Gasteiger partial charge in [-0.15, -0.1) is 0 Å². The molecule has 0 bridgehead atoms. The predicted octanol–water partition coefficient (Wildman–Crippen LogP) is 3.63. The van der Waals surface area contributed by atoms with Crippen LogP contribution in [0.2, 0.25) is 0 Å². The average Bonchev–Trinajstić information content (AvgIpc) is 3.21. The van der Waals surface area contributed by atoms with Crippen molar-refractivity contribution in [3.05, 3.63) is 65.7 Å². The van der Waals surface area contributed by atoms with Gasteiger partial charge in [-0.25, -0.2) is 0 Å². The molecule has 0 aromatic heterocycles. The quantitative estimate of drug-likeness (QED) is 0.911.